The Hall–Kier alpha value is -3.55. The van der Waals surface area contributed by atoms with Crippen LogP contribution in [0.3, 0.4) is 0 Å². The zero-order valence-electron chi connectivity index (χ0n) is 15.5. The lowest BCUT2D eigenvalue weighted by atomic mass is 9.80. The number of dihydropyridines is 1. The number of imidazole rings is 1. The normalized spacial score (nSPS) is 20.2. The summed E-state index contributed by atoms with van der Waals surface area (Å²) in [5, 5.41) is 6.05. The maximum Gasteiger partial charge on any atom is 0.247 e. The molecule has 2 aliphatic rings. The first-order valence-corrected chi connectivity index (χ1v) is 9.13. The Morgan fingerprint density at radius 3 is 3.04 bits per heavy atom. The topological polar surface area (TPSA) is 97.1 Å². The molecule has 2 unspecified atom stereocenters. The van der Waals surface area contributed by atoms with Gasteiger partial charge in [-0.1, -0.05) is 18.2 Å². The van der Waals surface area contributed by atoms with Gasteiger partial charge in [0.25, 0.3) is 0 Å². The van der Waals surface area contributed by atoms with Gasteiger partial charge in [-0.15, -0.1) is 0 Å². The molecule has 3 heterocycles. The molecule has 28 heavy (non-hydrogen) atoms. The third-order valence-corrected chi connectivity index (χ3v) is 4.84. The largest absolute Gasteiger partial charge is 0.370 e. The molecule has 2 N–H and O–H groups in total. The number of carbonyl (C=O) groups is 1. The lowest BCUT2D eigenvalue weighted by Gasteiger charge is -2.30. The standard InChI is InChI=1S/C20H21N7O/c1-21-20(28)16-6-8-24-19-14(3-2-4-15(16)19)5-7-23-17-11-18(26-12-25-17)27-10-9-22-13-27/h2-4,6,8-13,15,19H,5,7H2,1H3,(H,21,28)(H,23,25,26). The minimum Gasteiger partial charge on any atom is -0.370 e. The van der Waals surface area contributed by atoms with Gasteiger partial charge < -0.3 is 10.6 Å². The van der Waals surface area contributed by atoms with Crippen LogP contribution in [0, 0.1) is 5.92 Å². The molecule has 0 spiro atoms. The van der Waals surface area contributed by atoms with Gasteiger partial charge in [0, 0.05) is 49.8 Å². The second-order valence-electron chi connectivity index (χ2n) is 6.50. The van der Waals surface area contributed by atoms with E-state index >= 15 is 0 Å². The maximum atomic E-state index is 12.1. The maximum absolute atomic E-state index is 12.1. The summed E-state index contributed by atoms with van der Waals surface area (Å²) in [5.74, 6) is 1.43. The number of amides is 1. The van der Waals surface area contributed by atoms with Crippen molar-refractivity contribution in [2.45, 2.75) is 12.5 Å². The van der Waals surface area contributed by atoms with Crippen LogP contribution in [0.25, 0.3) is 5.82 Å². The second-order valence-corrected chi connectivity index (χ2v) is 6.50. The number of hydrogen-bond donors (Lipinski definition) is 2. The van der Waals surface area contributed by atoms with Gasteiger partial charge in [-0.25, -0.2) is 15.0 Å². The molecule has 0 saturated heterocycles. The van der Waals surface area contributed by atoms with Gasteiger partial charge in [0.2, 0.25) is 5.91 Å². The van der Waals surface area contributed by atoms with Crippen molar-refractivity contribution < 1.29 is 4.79 Å². The number of aliphatic imine (C=N–C) groups is 1. The minimum atomic E-state index is -0.0572. The van der Waals surface area contributed by atoms with Crippen LogP contribution in [-0.4, -0.2) is 51.3 Å². The first-order valence-electron chi connectivity index (χ1n) is 9.13. The zero-order chi connectivity index (χ0) is 19.3. The number of rotatable bonds is 6. The summed E-state index contributed by atoms with van der Waals surface area (Å²) >= 11 is 0. The van der Waals surface area contributed by atoms with Crippen LogP contribution in [0.4, 0.5) is 5.82 Å². The monoisotopic (exact) mass is 375 g/mol. The Balaban J connectivity index is 1.40. The first kappa shape index (κ1) is 17.8. The van der Waals surface area contributed by atoms with Gasteiger partial charge in [0.1, 0.15) is 24.3 Å². The summed E-state index contributed by atoms with van der Waals surface area (Å²) in [6.07, 6.45) is 17.2. The number of nitrogens with zero attached hydrogens (tertiary/aromatic N) is 5. The third kappa shape index (κ3) is 3.62. The van der Waals surface area contributed by atoms with E-state index in [0.717, 1.165) is 23.6 Å². The molecular weight excluding hydrogens is 354 g/mol. The Morgan fingerprint density at radius 2 is 2.21 bits per heavy atom. The summed E-state index contributed by atoms with van der Waals surface area (Å²) in [4.78, 5) is 29.3. The number of likely N-dealkylation sites (N-methyl/N-ethyl adjacent to an activating group) is 1. The van der Waals surface area contributed by atoms with Crippen LogP contribution >= 0.6 is 0 Å². The van der Waals surface area contributed by atoms with Crippen molar-refractivity contribution in [3.8, 4) is 5.82 Å². The highest BCUT2D eigenvalue weighted by Crippen LogP contribution is 2.32. The Labute approximate surface area is 162 Å². The minimum absolute atomic E-state index is 0.0168. The van der Waals surface area contributed by atoms with E-state index in [4.69, 9.17) is 0 Å². The SMILES string of the molecule is CNC(=O)C1=CC=NC2C(CCNc3cc(-n4ccnc4)ncn3)=CC=CC12. The number of allylic oxidation sites excluding steroid dienone is 3. The number of hydrogen-bond acceptors (Lipinski definition) is 6. The van der Waals surface area contributed by atoms with Gasteiger partial charge in [-0.05, 0) is 18.1 Å². The smallest absolute Gasteiger partial charge is 0.247 e. The molecule has 1 amide bonds. The van der Waals surface area contributed by atoms with Crippen molar-refractivity contribution in [1.82, 2.24) is 24.8 Å². The Bertz CT molecular complexity index is 972. The van der Waals surface area contributed by atoms with Crippen molar-refractivity contribution in [2.75, 3.05) is 18.9 Å². The zero-order valence-corrected chi connectivity index (χ0v) is 15.5. The van der Waals surface area contributed by atoms with Gasteiger partial charge >= 0.3 is 0 Å². The quantitative estimate of drug-likeness (QED) is 0.801. The highest BCUT2D eigenvalue weighted by molar-refractivity contribution is 5.99. The van der Waals surface area contributed by atoms with Crippen LogP contribution in [0.15, 0.2) is 71.6 Å². The molecule has 0 bridgehead atoms. The highest BCUT2D eigenvalue weighted by Gasteiger charge is 2.31. The number of carbonyl (C=O) groups excluding carboxylic acids is 1. The predicted molar refractivity (Wildman–Crippen MR) is 107 cm³/mol. The van der Waals surface area contributed by atoms with Gasteiger partial charge in [0.05, 0.1) is 6.04 Å². The molecule has 1 aliphatic heterocycles. The summed E-state index contributed by atoms with van der Waals surface area (Å²) < 4.78 is 1.83. The number of aromatic nitrogens is 4. The number of anilines is 1. The lowest BCUT2D eigenvalue weighted by molar-refractivity contribution is -0.117. The van der Waals surface area contributed by atoms with Crippen LogP contribution < -0.4 is 10.6 Å². The third-order valence-electron chi connectivity index (χ3n) is 4.84. The second kappa shape index (κ2) is 7.99. The van der Waals surface area contributed by atoms with Crippen LogP contribution in [0.5, 0.6) is 0 Å². The molecule has 0 aromatic carbocycles. The molecule has 2 aromatic heterocycles. The van der Waals surface area contributed by atoms with Crippen LogP contribution in [-0.2, 0) is 4.79 Å². The molecule has 0 saturated carbocycles. The van der Waals surface area contributed by atoms with Crippen molar-refractivity contribution in [3.05, 3.63) is 66.6 Å². The fourth-order valence-corrected chi connectivity index (χ4v) is 3.44. The average molecular weight is 375 g/mol. The summed E-state index contributed by atoms with van der Waals surface area (Å²) in [6.45, 7) is 0.706. The van der Waals surface area contributed by atoms with E-state index in [9.17, 15) is 4.79 Å². The molecule has 142 valence electrons. The van der Waals surface area contributed by atoms with E-state index < -0.39 is 0 Å². The van der Waals surface area contributed by atoms with E-state index in [2.05, 4.69) is 36.7 Å². The van der Waals surface area contributed by atoms with E-state index in [1.54, 1.807) is 31.9 Å². The van der Waals surface area contributed by atoms with Crippen LogP contribution in [0.1, 0.15) is 6.42 Å². The average Bonchev–Trinajstić information content (AvgIpc) is 3.28. The van der Waals surface area contributed by atoms with Gasteiger partial charge in [0.15, 0.2) is 0 Å². The summed E-state index contributed by atoms with van der Waals surface area (Å²) in [5.41, 5.74) is 1.94. The molecule has 8 heteroatoms. The lowest BCUT2D eigenvalue weighted by Crippen LogP contribution is -2.34. The molecule has 2 atom stereocenters. The Morgan fingerprint density at radius 1 is 1.29 bits per heavy atom. The molecule has 4 rings (SSSR count). The van der Waals surface area contributed by atoms with Gasteiger partial charge in [-0.3, -0.25) is 14.4 Å². The number of nitrogens with one attached hydrogen (secondary N) is 2. The molecular formula is C20H21N7O. The highest BCUT2D eigenvalue weighted by atomic mass is 16.1. The summed E-state index contributed by atoms with van der Waals surface area (Å²) in [7, 11) is 1.65. The fraction of sp³-hybridized carbons (Fsp3) is 0.250. The molecule has 8 nitrogen and oxygen atoms in total. The number of fused-ring (bicyclic) bond motifs is 1. The van der Waals surface area contributed by atoms with E-state index in [1.165, 1.54) is 11.9 Å². The van der Waals surface area contributed by atoms with E-state index in [1.807, 2.05) is 29.0 Å². The molecule has 0 radical (unpaired) electrons. The molecule has 1 aliphatic carbocycles. The van der Waals surface area contributed by atoms with Crippen molar-refractivity contribution >= 4 is 17.9 Å². The van der Waals surface area contributed by atoms with E-state index in [0.29, 0.717) is 6.54 Å². The predicted octanol–water partition coefficient (Wildman–Crippen LogP) is 1.70. The molecule has 2 aromatic rings. The molecule has 0 fully saturated rings. The van der Waals surface area contributed by atoms with Crippen molar-refractivity contribution in [3.63, 3.8) is 0 Å². The Kier molecular flexibility index (Phi) is 5.09. The van der Waals surface area contributed by atoms with Crippen LogP contribution in [0.2, 0.25) is 0 Å². The van der Waals surface area contributed by atoms with Crippen molar-refractivity contribution in [2.24, 2.45) is 10.9 Å². The van der Waals surface area contributed by atoms with E-state index in [-0.39, 0.29) is 17.9 Å². The first-order chi connectivity index (χ1) is 13.8. The fourth-order valence-electron chi connectivity index (χ4n) is 3.44. The summed E-state index contributed by atoms with van der Waals surface area (Å²) in [6, 6.07) is 1.85. The van der Waals surface area contributed by atoms with Crippen molar-refractivity contribution in [1.29, 1.82) is 0 Å². The van der Waals surface area contributed by atoms with Gasteiger partial charge in [-0.2, -0.15) is 0 Å².